The van der Waals surface area contributed by atoms with Gasteiger partial charge in [-0.15, -0.1) is 0 Å². The second-order valence-corrected chi connectivity index (χ2v) is 21.7. The molecule has 0 aromatic rings. The highest BCUT2D eigenvalue weighted by molar-refractivity contribution is 6.74. The van der Waals surface area contributed by atoms with Gasteiger partial charge in [-0.05, 0) is 61.9 Å². The first-order chi connectivity index (χ1) is 13.0. The molecule has 0 N–H and O–H groups in total. The number of hydrogen-bond donors (Lipinski definition) is 0. The van der Waals surface area contributed by atoms with Crippen LogP contribution in [0, 0.1) is 5.41 Å². The standard InChI is InChI=1S/C23H44O4Si2/c1-21(2,3)28(8,9)26-18-14-17(16-20(24)25-7)15-19(23(18)12-13-23)27-29(10,11)22(4,5)6/h16,18-19H,12-15H2,1-11H3/t18-,19-/m1/s1. The van der Waals surface area contributed by atoms with Crippen molar-refractivity contribution in [1.82, 2.24) is 0 Å². The molecule has 2 aliphatic carbocycles. The maximum atomic E-state index is 12.0. The molecule has 29 heavy (non-hydrogen) atoms. The molecule has 0 unspecified atom stereocenters. The molecule has 2 atom stereocenters. The second-order valence-electron chi connectivity index (χ2n) is 12.2. The third-order valence-electron chi connectivity index (χ3n) is 8.01. The predicted octanol–water partition coefficient (Wildman–Crippen LogP) is 6.44. The van der Waals surface area contributed by atoms with Crippen LogP contribution in [0.2, 0.25) is 36.3 Å². The Balaban J connectivity index is 2.38. The molecule has 0 amide bonds. The summed E-state index contributed by atoms with van der Waals surface area (Å²) >= 11 is 0. The zero-order chi connectivity index (χ0) is 22.5. The molecule has 1 spiro atoms. The lowest BCUT2D eigenvalue weighted by Crippen LogP contribution is -2.54. The summed E-state index contributed by atoms with van der Waals surface area (Å²) in [7, 11) is -2.42. The highest BCUT2D eigenvalue weighted by Gasteiger charge is 2.61. The number of carbonyl (C=O) groups is 1. The molecule has 0 bridgehead atoms. The Bertz CT molecular complexity index is 607. The van der Waals surface area contributed by atoms with Gasteiger partial charge in [0.15, 0.2) is 16.6 Å². The Morgan fingerprint density at radius 2 is 1.28 bits per heavy atom. The van der Waals surface area contributed by atoms with Gasteiger partial charge in [-0.2, -0.15) is 0 Å². The van der Waals surface area contributed by atoms with Crippen LogP contribution >= 0.6 is 0 Å². The summed E-state index contributed by atoms with van der Waals surface area (Å²) < 4.78 is 18.9. The van der Waals surface area contributed by atoms with Crippen molar-refractivity contribution in [2.45, 2.75) is 116 Å². The van der Waals surface area contributed by atoms with E-state index in [1.54, 1.807) is 6.08 Å². The van der Waals surface area contributed by atoms with Crippen molar-refractivity contribution in [3.8, 4) is 0 Å². The molecule has 0 saturated heterocycles. The Hall–Kier alpha value is -0.436. The molecule has 0 aromatic heterocycles. The quantitative estimate of drug-likeness (QED) is 0.280. The van der Waals surface area contributed by atoms with Gasteiger partial charge >= 0.3 is 5.97 Å². The van der Waals surface area contributed by atoms with Gasteiger partial charge in [0.05, 0.1) is 19.3 Å². The minimum atomic E-state index is -1.93. The number of carbonyl (C=O) groups excluding carboxylic acids is 1. The minimum Gasteiger partial charge on any atom is -0.466 e. The molecular weight excluding hydrogens is 396 g/mol. The Morgan fingerprint density at radius 1 is 0.897 bits per heavy atom. The van der Waals surface area contributed by atoms with E-state index in [0.29, 0.717) is 0 Å². The van der Waals surface area contributed by atoms with Crippen molar-refractivity contribution in [1.29, 1.82) is 0 Å². The maximum Gasteiger partial charge on any atom is 0.330 e. The average molecular weight is 441 g/mol. The fraction of sp³-hybridized carbons (Fsp3) is 0.870. The zero-order valence-corrected chi connectivity index (χ0v) is 22.7. The van der Waals surface area contributed by atoms with Gasteiger partial charge < -0.3 is 13.6 Å². The van der Waals surface area contributed by atoms with Gasteiger partial charge in [-0.25, -0.2) is 4.79 Å². The largest absolute Gasteiger partial charge is 0.466 e. The van der Waals surface area contributed by atoms with Crippen LogP contribution in [0.1, 0.15) is 67.2 Å². The molecule has 2 saturated carbocycles. The van der Waals surface area contributed by atoms with Crippen LogP contribution in [0.4, 0.5) is 0 Å². The van der Waals surface area contributed by atoms with Crippen LogP contribution in [0.25, 0.3) is 0 Å². The highest BCUT2D eigenvalue weighted by atomic mass is 28.4. The summed E-state index contributed by atoms with van der Waals surface area (Å²) in [5, 5.41) is 0.311. The third-order valence-corrected chi connectivity index (χ3v) is 17.0. The molecule has 6 heteroatoms. The second kappa shape index (κ2) is 7.92. The van der Waals surface area contributed by atoms with Gasteiger partial charge in [-0.1, -0.05) is 47.1 Å². The van der Waals surface area contributed by atoms with E-state index in [2.05, 4.69) is 67.7 Å². The predicted molar refractivity (Wildman–Crippen MR) is 125 cm³/mol. The number of ether oxygens (including phenoxy) is 1. The summed E-state index contributed by atoms with van der Waals surface area (Å²) in [5.41, 5.74) is 1.22. The summed E-state index contributed by atoms with van der Waals surface area (Å²) in [6.07, 6.45) is 5.90. The van der Waals surface area contributed by atoms with E-state index in [0.717, 1.165) is 31.3 Å². The lowest BCUT2D eigenvalue weighted by atomic mass is 9.78. The Kier molecular flexibility index (Phi) is 6.78. The number of esters is 1. The number of methoxy groups -OCH3 is 1. The molecular formula is C23H44O4Si2. The van der Waals surface area contributed by atoms with Crippen LogP contribution in [-0.2, 0) is 18.4 Å². The normalized spacial score (nSPS) is 25.1. The van der Waals surface area contributed by atoms with E-state index in [4.69, 9.17) is 13.6 Å². The fourth-order valence-corrected chi connectivity index (χ4v) is 6.45. The molecule has 2 rings (SSSR count). The molecule has 0 aromatic carbocycles. The van der Waals surface area contributed by atoms with Crippen molar-refractivity contribution < 1.29 is 18.4 Å². The van der Waals surface area contributed by atoms with Crippen molar-refractivity contribution in [3.63, 3.8) is 0 Å². The first-order valence-electron chi connectivity index (χ1n) is 11.1. The molecule has 2 fully saturated rings. The molecule has 0 radical (unpaired) electrons. The van der Waals surface area contributed by atoms with E-state index in [1.165, 1.54) is 7.11 Å². The van der Waals surface area contributed by atoms with Crippen LogP contribution in [0.5, 0.6) is 0 Å². The van der Waals surface area contributed by atoms with Gasteiger partial charge in [0.2, 0.25) is 0 Å². The van der Waals surface area contributed by atoms with Crippen molar-refractivity contribution in [3.05, 3.63) is 11.6 Å². The maximum absolute atomic E-state index is 12.0. The van der Waals surface area contributed by atoms with Crippen LogP contribution in [0.3, 0.4) is 0 Å². The Labute approximate surface area is 181 Å². The van der Waals surface area contributed by atoms with Gasteiger partial charge in [0.25, 0.3) is 0 Å². The zero-order valence-electron chi connectivity index (χ0n) is 20.7. The molecule has 168 valence electrons. The first kappa shape index (κ1) is 24.8. The Morgan fingerprint density at radius 3 is 1.55 bits per heavy atom. The third kappa shape index (κ3) is 5.25. The molecule has 0 aliphatic heterocycles. The fourth-order valence-electron chi connectivity index (χ4n) is 3.69. The lowest BCUT2D eigenvalue weighted by molar-refractivity contribution is -0.135. The van der Waals surface area contributed by atoms with Crippen molar-refractivity contribution in [2.75, 3.05) is 7.11 Å². The van der Waals surface area contributed by atoms with E-state index in [-0.39, 0.29) is 33.7 Å². The van der Waals surface area contributed by atoms with E-state index < -0.39 is 16.6 Å². The summed E-state index contributed by atoms with van der Waals surface area (Å²) in [4.78, 5) is 12.0. The number of hydrogen-bond acceptors (Lipinski definition) is 4. The molecule has 0 heterocycles. The summed E-state index contributed by atoms with van der Waals surface area (Å²) in [5.74, 6) is -0.274. The van der Waals surface area contributed by atoms with Gasteiger partial charge in [0.1, 0.15) is 0 Å². The van der Waals surface area contributed by atoms with E-state index >= 15 is 0 Å². The first-order valence-corrected chi connectivity index (χ1v) is 16.9. The molecule has 4 nitrogen and oxygen atoms in total. The minimum absolute atomic E-state index is 0.110. The summed E-state index contributed by atoms with van der Waals surface area (Å²) in [6.45, 7) is 23.0. The monoisotopic (exact) mass is 440 g/mol. The van der Waals surface area contributed by atoms with E-state index in [9.17, 15) is 4.79 Å². The van der Waals surface area contributed by atoms with Gasteiger partial charge in [-0.3, -0.25) is 0 Å². The smallest absolute Gasteiger partial charge is 0.330 e. The van der Waals surface area contributed by atoms with Crippen LogP contribution in [-0.4, -0.2) is 41.9 Å². The van der Waals surface area contributed by atoms with Gasteiger partial charge in [0, 0.05) is 11.5 Å². The number of rotatable bonds is 5. The average Bonchev–Trinajstić information content (AvgIpc) is 3.31. The highest BCUT2D eigenvalue weighted by Crippen LogP contribution is 2.61. The summed E-state index contributed by atoms with van der Waals surface area (Å²) in [6, 6.07) is 0. The topological polar surface area (TPSA) is 44.8 Å². The molecule has 2 aliphatic rings. The van der Waals surface area contributed by atoms with Crippen molar-refractivity contribution in [2.24, 2.45) is 5.41 Å². The van der Waals surface area contributed by atoms with Crippen molar-refractivity contribution >= 4 is 22.6 Å². The van der Waals surface area contributed by atoms with E-state index in [1.807, 2.05) is 0 Å². The SMILES string of the molecule is COC(=O)C=C1C[C@@H](O[Si](C)(C)C(C)(C)C)C2(CC2)[C@H](O[Si](C)(C)C(C)(C)C)C1. The lowest BCUT2D eigenvalue weighted by Gasteiger charge is -2.49. The van der Waals surface area contributed by atoms with Crippen LogP contribution < -0.4 is 0 Å². The van der Waals surface area contributed by atoms with Crippen LogP contribution in [0.15, 0.2) is 11.6 Å².